The smallest absolute Gasteiger partial charge is 0.225 e. The lowest BCUT2D eigenvalue weighted by molar-refractivity contribution is -0.124. The molecule has 1 saturated heterocycles. The molecule has 0 aromatic heterocycles. The van der Waals surface area contributed by atoms with Crippen molar-refractivity contribution in [2.75, 3.05) is 26.7 Å². The average molecular weight is 326 g/mol. The van der Waals surface area contributed by atoms with E-state index in [1.807, 2.05) is 31.3 Å². The number of carbonyl (C=O) groups excluding carboxylic acids is 1. The van der Waals surface area contributed by atoms with Crippen molar-refractivity contribution < 1.29 is 9.18 Å². The van der Waals surface area contributed by atoms with E-state index in [0.29, 0.717) is 18.5 Å². The van der Waals surface area contributed by atoms with Crippen LogP contribution in [0.4, 0.5) is 4.39 Å². The summed E-state index contributed by atoms with van der Waals surface area (Å²) >= 11 is 0. The number of benzene rings is 2. The molecule has 1 aliphatic rings. The van der Waals surface area contributed by atoms with Gasteiger partial charge in [-0.05, 0) is 30.7 Å². The molecule has 1 heterocycles. The third-order valence-corrected chi connectivity index (χ3v) is 4.72. The minimum Gasteiger partial charge on any atom is -0.355 e. The minimum absolute atomic E-state index is 0.0574. The number of nitrogens with zero attached hydrogens (tertiary/aromatic N) is 1. The third-order valence-electron chi connectivity index (χ3n) is 4.72. The van der Waals surface area contributed by atoms with Crippen LogP contribution in [-0.2, 0) is 11.2 Å². The summed E-state index contributed by atoms with van der Waals surface area (Å²) in [5, 5.41) is 2.99. The van der Waals surface area contributed by atoms with Gasteiger partial charge in [0, 0.05) is 25.6 Å². The number of likely N-dealkylation sites (N-methyl/N-ethyl adjacent to an activating group) is 1. The fraction of sp³-hybridized carbons (Fsp3) is 0.350. The van der Waals surface area contributed by atoms with Crippen molar-refractivity contribution in [3.63, 3.8) is 0 Å². The minimum atomic E-state index is -0.213. The number of hydrogen-bond donors (Lipinski definition) is 1. The van der Waals surface area contributed by atoms with E-state index in [1.54, 1.807) is 12.1 Å². The summed E-state index contributed by atoms with van der Waals surface area (Å²) in [6, 6.07) is 16.9. The van der Waals surface area contributed by atoms with Gasteiger partial charge in [0.25, 0.3) is 0 Å². The molecule has 3 nitrogen and oxygen atoms in total. The monoisotopic (exact) mass is 326 g/mol. The Bertz CT molecular complexity index is 689. The SMILES string of the molecule is CN1C[C@H](C(=O)NCCc2ccccc2F)[C@H](c2ccccc2)C1. The van der Waals surface area contributed by atoms with Gasteiger partial charge >= 0.3 is 0 Å². The fourth-order valence-corrected chi connectivity index (χ4v) is 3.46. The van der Waals surface area contributed by atoms with Gasteiger partial charge in [0.15, 0.2) is 0 Å². The summed E-state index contributed by atoms with van der Waals surface area (Å²) in [5.74, 6) is 0.00161. The highest BCUT2D eigenvalue weighted by Gasteiger charge is 2.36. The number of amides is 1. The predicted molar refractivity (Wildman–Crippen MR) is 93.3 cm³/mol. The molecule has 24 heavy (non-hydrogen) atoms. The highest BCUT2D eigenvalue weighted by atomic mass is 19.1. The average Bonchev–Trinajstić information content (AvgIpc) is 2.99. The van der Waals surface area contributed by atoms with Crippen molar-refractivity contribution in [1.29, 1.82) is 0 Å². The maximum atomic E-state index is 13.6. The summed E-state index contributed by atoms with van der Waals surface area (Å²) in [4.78, 5) is 14.8. The van der Waals surface area contributed by atoms with Gasteiger partial charge in [-0.25, -0.2) is 4.39 Å². The standard InChI is InChI=1S/C20H23FN2O/c1-23-13-17(15-7-3-2-4-8-15)18(14-23)20(24)22-12-11-16-9-5-6-10-19(16)21/h2-10,17-18H,11-14H2,1H3,(H,22,24)/t17-,18-/m0/s1. The zero-order valence-electron chi connectivity index (χ0n) is 13.9. The lowest BCUT2D eigenvalue weighted by atomic mass is 9.88. The van der Waals surface area contributed by atoms with Crippen molar-refractivity contribution in [3.05, 3.63) is 71.5 Å². The largest absolute Gasteiger partial charge is 0.355 e. The molecule has 0 radical (unpaired) electrons. The third kappa shape index (κ3) is 3.82. The maximum Gasteiger partial charge on any atom is 0.225 e. The Balaban J connectivity index is 1.60. The van der Waals surface area contributed by atoms with Gasteiger partial charge in [0.2, 0.25) is 5.91 Å². The van der Waals surface area contributed by atoms with Gasteiger partial charge < -0.3 is 10.2 Å². The van der Waals surface area contributed by atoms with Gasteiger partial charge in [-0.2, -0.15) is 0 Å². The lowest BCUT2D eigenvalue weighted by Crippen LogP contribution is -2.35. The second-order valence-electron chi connectivity index (χ2n) is 6.48. The van der Waals surface area contributed by atoms with Crippen molar-refractivity contribution >= 4 is 5.91 Å². The van der Waals surface area contributed by atoms with Gasteiger partial charge in [0.1, 0.15) is 5.82 Å². The number of hydrogen-bond acceptors (Lipinski definition) is 2. The van der Waals surface area contributed by atoms with E-state index >= 15 is 0 Å². The molecular weight excluding hydrogens is 303 g/mol. The Hall–Kier alpha value is -2.20. The molecule has 2 aromatic carbocycles. The van der Waals surface area contributed by atoms with E-state index in [0.717, 1.165) is 13.1 Å². The van der Waals surface area contributed by atoms with Crippen molar-refractivity contribution in [2.24, 2.45) is 5.92 Å². The second kappa shape index (κ2) is 7.58. The highest BCUT2D eigenvalue weighted by molar-refractivity contribution is 5.80. The number of rotatable bonds is 5. The summed E-state index contributed by atoms with van der Waals surface area (Å²) in [5.41, 5.74) is 1.84. The van der Waals surface area contributed by atoms with Crippen LogP contribution in [0.25, 0.3) is 0 Å². The van der Waals surface area contributed by atoms with Crippen molar-refractivity contribution in [2.45, 2.75) is 12.3 Å². The van der Waals surface area contributed by atoms with Crippen LogP contribution in [0.2, 0.25) is 0 Å². The number of likely N-dealkylation sites (tertiary alicyclic amines) is 1. The van der Waals surface area contributed by atoms with Crippen LogP contribution >= 0.6 is 0 Å². The fourth-order valence-electron chi connectivity index (χ4n) is 3.46. The Morgan fingerprint density at radius 2 is 1.83 bits per heavy atom. The van der Waals surface area contributed by atoms with Crippen LogP contribution in [0.3, 0.4) is 0 Å². The molecule has 1 fully saturated rings. The highest BCUT2D eigenvalue weighted by Crippen LogP contribution is 2.31. The maximum absolute atomic E-state index is 13.6. The molecule has 0 bridgehead atoms. The van der Waals surface area contributed by atoms with E-state index in [2.05, 4.69) is 22.3 Å². The molecule has 2 aromatic rings. The zero-order valence-corrected chi connectivity index (χ0v) is 13.9. The summed E-state index contributed by atoms with van der Waals surface area (Å²) in [6.45, 7) is 2.10. The van der Waals surface area contributed by atoms with Crippen molar-refractivity contribution in [1.82, 2.24) is 10.2 Å². The second-order valence-corrected chi connectivity index (χ2v) is 6.48. The Morgan fingerprint density at radius 1 is 1.12 bits per heavy atom. The van der Waals surface area contributed by atoms with Gasteiger partial charge in [0.05, 0.1) is 5.92 Å². The first-order chi connectivity index (χ1) is 11.6. The molecule has 0 spiro atoms. The van der Waals surface area contributed by atoms with Crippen LogP contribution in [0.5, 0.6) is 0 Å². The van der Waals surface area contributed by atoms with Crippen molar-refractivity contribution in [3.8, 4) is 0 Å². The first-order valence-corrected chi connectivity index (χ1v) is 8.40. The van der Waals surface area contributed by atoms with Gasteiger partial charge in [-0.3, -0.25) is 4.79 Å². The van der Waals surface area contributed by atoms with Gasteiger partial charge in [-0.1, -0.05) is 48.5 Å². The quantitative estimate of drug-likeness (QED) is 0.916. The molecular formula is C20H23FN2O. The lowest BCUT2D eigenvalue weighted by Gasteiger charge is -2.18. The first-order valence-electron chi connectivity index (χ1n) is 8.40. The Morgan fingerprint density at radius 3 is 2.58 bits per heavy atom. The molecule has 2 atom stereocenters. The normalized spacial score (nSPS) is 20.9. The summed E-state index contributed by atoms with van der Waals surface area (Å²) in [6.07, 6.45) is 0.511. The van der Waals surface area contributed by atoms with Crippen LogP contribution in [0.1, 0.15) is 17.0 Å². The molecule has 1 amide bonds. The molecule has 0 unspecified atom stereocenters. The first kappa shape index (κ1) is 16.7. The number of nitrogens with one attached hydrogen (secondary N) is 1. The van der Waals surface area contributed by atoms with E-state index in [-0.39, 0.29) is 23.6 Å². The summed E-state index contributed by atoms with van der Waals surface area (Å²) in [7, 11) is 2.04. The van der Waals surface area contributed by atoms with E-state index < -0.39 is 0 Å². The summed E-state index contributed by atoms with van der Waals surface area (Å²) < 4.78 is 13.6. The Labute approximate surface area is 142 Å². The number of carbonyl (C=O) groups is 1. The predicted octanol–water partition coefficient (Wildman–Crippen LogP) is 2.83. The van der Waals surface area contributed by atoms with Crippen LogP contribution < -0.4 is 5.32 Å². The molecule has 0 aliphatic carbocycles. The van der Waals surface area contributed by atoms with E-state index in [1.165, 1.54) is 11.6 Å². The van der Waals surface area contributed by atoms with Crippen LogP contribution in [-0.4, -0.2) is 37.5 Å². The Kier molecular flexibility index (Phi) is 5.26. The zero-order chi connectivity index (χ0) is 16.9. The molecule has 126 valence electrons. The van der Waals surface area contributed by atoms with E-state index in [9.17, 15) is 9.18 Å². The van der Waals surface area contributed by atoms with Gasteiger partial charge in [-0.15, -0.1) is 0 Å². The topological polar surface area (TPSA) is 32.3 Å². The molecule has 4 heteroatoms. The number of halogens is 1. The van der Waals surface area contributed by atoms with Crippen LogP contribution in [0, 0.1) is 11.7 Å². The van der Waals surface area contributed by atoms with E-state index in [4.69, 9.17) is 0 Å². The molecule has 3 rings (SSSR count). The molecule has 0 saturated carbocycles. The molecule has 1 N–H and O–H groups in total. The van der Waals surface area contributed by atoms with Crippen LogP contribution in [0.15, 0.2) is 54.6 Å². The molecule has 1 aliphatic heterocycles.